The van der Waals surface area contributed by atoms with Gasteiger partial charge in [0.15, 0.2) is 11.0 Å². The molecule has 1 aliphatic rings. The molecule has 0 bridgehead atoms. The predicted molar refractivity (Wildman–Crippen MR) is 122 cm³/mol. The molecule has 1 N–H and O–H groups in total. The van der Waals surface area contributed by atoms with Gasteiger partial charge in [-0.05, 0) is 56.2 Å². The van der Waals surface area contributed by atoms with Crippen molar-refractivity contribution >= 4 is 35.0 Å². The van der Waals surface area contributed by atoms with Gasteiger partial charge < -0.3 is 4.42 Å². The molecule has 0 atom stereocenters. The highest BCUT2D eigenvalue weighted by Gasteiger charge is 2.24. The van der Waals surface area contributed by atoms with Crippen molar-refractivity contribution < 1.29 is 9.21 Å². The summed E-state index contributed by atoms with van der Waals surface area (Å²) in [6.45, 7) is 1.78. The number of halogens is 1. The number of hydrogen-bond acceptors (Lipinski definition) is 6. The molecule has 1 aliphatic carbocycles. The first kappa shape index (κ1) is 21.6. The molecular formula is C22H24ClN5O2S. The summed E-state index contributed by atoms with van der Waals surface area (Å²) < 4.78 is 7.47. The van der Waals surface area contributed by atoms with Gasteiger partial charge in [-0.1, -0.05) is 42.6 Å². The van der Waals surface area contributed by atoms with Crippen molar-refractivity contribution in [2.45, 2.75) is 50.2 Å². The number of hydrogen-bond donors (Lipinski definition) is 1. The highest BCUT2D eigenvalue weighted by Crippen LogP contribution is 2.35. The van der Waals surface area contributed by atoms with E-state index in [4.69, 9.17) is 16.0 Å². The van der Waals surface area contributed by atoms with E-state index >= 15 is 0 Å². The third-order valence-corrected chi connectivity index (χ3v) is 6.46. The van der Waals surface area contributed by atoms with E-state index in [1.807, 2.05) is 24.3 Å². The van der Waals surface area contributed by atoms with Crippen LogP contribution in [0.15, 0.2) is 57.3 Å². The molecule has 1 saturated carbocycles. The zero-order valence-corrected chi connectivity index (χ0v) is 18.8. The average molecular weight is 458 g/mol. The Hall–Kier alpha value is -2.58. The summed E-state index contributed by atoms with van der Waals surface area (Å²) in [4.78, 5) is 12.4. The summed E-state index contributed by atoms with van der Waals surface area (Å²) in [5, 5.41) is 14.4. The molecule has 9 heteroatoms. The van der Waals surface area contributed by atoms with Crippen molar-refractivity contribution in [2.75, 3.05) is 5.75 Å². The van der Waals surface area contributed by atoms with Crippen molar-refractivity contribution in [3.8, 4) is 11.4 Å². The van der Waals surface area contributed by atoms with Gasteiger partial charge in [0.25, 0.3) is 5.91 Å². The quantitative estimate of drug-likeness (QED) is 0.294. The first-order valence-corrected chi connectivity index (χ1v) is 11.7. The Labute approximate surface area is 190 Å². The second kappa shape index (κ2) is 10.2. The van der Waals surface area contributed by atoms with E-state index in [1.165, 1.54) is 31.0 Å². The zero-order chi connectivity index (χ0) is 21.6. The largest absolute Gasteiger partial charge is 0.463 e. The van der Waals surface area contributed by atoms with E-state index in [-0.39, 0.29) is 11.7 Å². The summed E-state index contributed by atoms with van der Waals surface area (Å²) in [5.74, 6) is 1.43. The Kier molecular flexibility index (Phi) is 7.09. The van der Waals surface area contributed by atoms with Crippen molar-refractivity contribution in [2.24, 2.45) is 5.10 Å². The minimum absolute atomic E-state index is 0.195. The lowest BCUT2D eigenvalue weighted by Crippen LogP contribution is -2.22. The lowest BCUT2D eigenvalue weighted by molar-refractivity contribution is -0.118. The molecule has 0 unspecified atom stereocenters. The lowest BCUT2D eigenvalue weighted by atomic mass is 9.95. The Morgan fingerprint density at radius 2 is 2.00 bits per heavy atom. The van der Waals surface area contributed by atoms with Crippen LogP contribution >= 0.6 is 23.4 Å². The molecule has 162 valence electrons. The number of aromatic nitrogens is 3. The van der Waals surface area contributed by atoms with Gasteiger partial charge in [-0.3, -0.25) is 9.36 Å². The van der Waals surface area contributed by atoms with Crippen LogP contribution < -0.4 is 5.43 Å². The number of furan rings is 1. The fraction of sp³-hybridized carbons (Fsp3) is 0.364. The molecule has 0 saturated heterocycles. The molecule has 2 heterocycles. The number of thioether (sulfide) groups is 1. The monoisotopic (exact) mass is 457 g/mol. The normalized spacial score (nSPS) is 15.2. The van der Waals surface area contributed by atoms with E-state index in [9.17, 15) is 4.79 Å². The Balaban J connectivity index is 1.49. The number of amides is 1. The standard InChI is InChI=1S/C22H24ClN5O2S/c1-15(19-8-5-13-30-19)24-25-20(29)14-31-22-27-26-21(16-9-11-17(23)12-10-16)28(22)18-6-3-2-4-7-18/h5,8-13,18H,2-4,6-7,14H2,1H3,(H,25,29)/b24-15+. The van der Waals surface area contributed by atoms with Gasteiger partial charge in [0.05, 0.1) is 12.0 Å². The molecule has 4 rings (SSSR count). The summed E-state index contributed by atoms with van der Waals surface area (Å²) in [6, 6.07) is 11.5. The van der Waals surface area contributed by atoms with Gasteiger partial charge in [-0.2, -0.15) is 5.10 Å². The zero-order valence-electron chi connectivity index (χ0n) is 17.3. The van der Waals surface area contributed by atoms with Crippen LogP contribution in [0.2, 0.25) is 5.02 Å². The Morgan fingerprint density at radius 3 is 2.71 bits per heavy atom. The lowest BCUT2D eigenvalue weighted by Gasteiger charge is -2.25. The van der Waals surface area contributed by atoms with Crippen molar-refractivity contribution in [1.82, 2.24) is 20.2 Å². The van der Waals surface area contributed by atoms with Crippen LogP contribution in [0.5, 0.6) is 0 Å². The maximum Gasteiger partial charge on any atom is 0.250 e. The third-order valence-electron chi connectivity index (χ3n) is 5.27. The molecule has 1 aromatic carbocycles. The van der Waals surface area contributed by atoms with Crippen LogP contribution in [0.25, 0.3) is 11.4 Å². The number of carbonyl (C=O) groups is 1. The van der Waals surface area contributed by atoms with E-state index in [0.29, 0.717) is 22.5 Å². The molecule has 0 radical (unpaired) electrons. The molecule has 0 spiro atoms. The molecule has 31 heavy (non-hydrogen) atoms. The number of hydrazone groups is 1. The fourth-order valence-corrected chi connectivity index (χ4v) is 4.61. The number of benzene rings is 1. The molecule has 1 amide bonds. The first-order valence-electron chi connectivity index (χ1n) is 10.3. The second-order valence-electron chi connectivity index (χ2n) is 7.47. The van der Waals surface area contributed by atoms with Crippen LogP contribution in [0.4, 0.5) is 0 Å². The Bertz CT molecular complexity index is 1040. The minimum Gasteiger partial charge on any atom is -0.463 e. The average Bonchev–Trinajstić information content (AvgIpc) is 3.47. The SMILES string of the molecule is C/C(=N\NC(=O)CSc1nnc(-c2ccc(Cl)cc2)n1C1CCCCC1)c1ccco1. The summed E-state index contributed by atoms with van der Waals surface area (Å²) >= 11 is 7.43. The Morgan fingerprint density at radius 1 is 1.23 bits per heavy atom. The second-order valence-corrected chi connectivity index (χ2v) is 8.85. The van der Waals surface area contributed by atoms with Gasteiger partial charge >= 0.3 is 0 Å². The van der Waals surface area contributed by atoms with Gasteiger partial charge in [0, 0.05) is 16.6 Å². The highest BCUT2D eigenvalue weighted by molar-refractivity contribution is 7.99. The van der Waals surface area contributed by atoms with Crippen molar-refractivity contribution in [3.63, 3.8) is 0 Å². The van der Waals surface area contributed by atoms with Crippen molar-refractivity contribution in [3.05, 3.63) is 53.4 Å². The summed E-state index contributed by atoms with van der Waals surface area (Å²) in [7, 11) is 0. The topological polar surface area (TPSA) is 85.3 Å². The molecule has 0 aliphatic heterocycles. The number of nitrogens with one attached hydrogen (secondary N) is 1. The van der Waals surface area contributed by atoms with Gasteiger partial charge in [-0.25, -0.2) is 5.43 Å². The molecule has 3 aromatic rings. The molecule has 7 nitrogen and oxygen atoms in total. The smallest absolute Gasteiger partial charge is 0.250 e. The van der Waals surface area contributed by atoms with E-state index in [1.54, 1.807) is 25.3 Å². The van der Waals surface area contributed by atoms with E-state index < -0.39 is 0 Å². The van der Waals surface area contributed by atoms with Crippen LogP contribution in [0.1, 0.15) is 50.8 Å². The van der Waals surface area contributed by atoms with Gasteiger partial charge in [-0.15, -0.1) is 10.2 Å². The van der Waals surface area contributed by atoms with Crippen LogP contribution in [-0.2, 0) is 4.79 Å². The number of carbonyl (C=O) groups excluding carboxylic acids is 1. The first-order chi connectivity index (χ1) is 15.1. The fourth-order valence-electron chi connectivity index (χ4n) is 3.69. The van der Waals surface area contributed by atoms with Crippen molar-refractivity contribution in [1.29, 1.82) is 0 Å². The van der Waals surface area contributed by atoms with Gasteiger partial charge in [0.2, 0.25) is 0 Å². The highest BCUT2D eigenvalue weighted by atomic mass is 35.5. The maximum atomic E-state index is 12.4. The third kappa shape index (κ3) is 5.37. The number of nitrogens with zero attached hydrogens (tertiary/aromatic N) is 4. The van der Waals surface area contributed by atoms with Crippen LogP contribution in [0, 0.1) is 0 Å². The number of rotatable bonds is 7. The van der Waals surface area contributed by atoms with E-state index in [0.717, 1.165) is 29.4 Å². The molecular weight excluding hydrogens is 434 g/mol. The van der Waals surface area contributed by atoms with E-state index in [2.05, 4.69) is 25.3 Å². The maximum absolute atomic E-state index is 12.4. The summed E-state index contributed by atoms with van der Waals surface area (Å²) in [5.41, 5.74) is 4.16. The van der Waals surface area contributed by atoms with Gasteiger partial charge in [0.1, 0.15) is 11.5 Å². The predicted octanol–water partition coefficient (Wildman–Crippen LogP) is 5.33. The molecule has 1 fully saturated rings. The minimum atomic E-state index is -0.206. The summed E-state index contributed by atoms with van der Waals surface area (Å²) in [6.07, 6.45) is 7.38. The van der Waals surface area contributed by atoms with Crippen LogP contribution in [0.3, 0.4) is 0 Å². The van der Waals surface area contributed by atoms with Crippen LogP contribution in [-0.4, -0.2) is 32.1 Å². The molecule has 2 aromatic heterocycles.